The molecule has 1 aliphatic rings. The molecular weight excluding hydrogens is 192 g/mol. The van der Waals surface area contributed by atoms with Crippen molar-refractivity contribution >= 4 is 5.91 Å². The first-order valence-corrected chi connectivity index (χ1v) is 5.90. The Labute approximate surface area is 91.8 Å². The van der Waals surface area contributed by atoms with Crippen LogP contribution in [-0.4, -0.2) is 38.8 Å². The predicted octanol–water partition coefficient (Wildman–Crippen LogP) is 0.529. The fourth-order valence-electron chi connectivity index (χ4n) is 1.33. The van der Waals surface area contributed by atoms with E-state index in [9.17, 15) is 4.79 Å². The van der Waals surface area contributed by atoms with Crippen LogP contribution in [0.4, 0.5) is 0 Å². The second-order valence-electron chi connectivity index (χ2n) is 3.87. The summed E-state index contributed by atoms with van der Waals surface area (Å²) >= 11 is 0. The molecule has 0 bridgehead atoms. The quantitative estimate of drug-likeness (QED) is 0.550. The Hall–Kier alpha value is -0.610. The summed E-state index contributed by atoms with van der Waals surface area (Å²) in [4.78, 5) is 11.2. The highest BCUT2D eigenvalue weighted by Crippen LogP contribution is 2.28. The van der Waals surface area contributed by atoms with Crippen molar-refractivity contribution in [2.24, 2.45) is 5.92 Å². The summed E-state index contributed by atoms with van der Waals surface area (Å²) in [5, 5.41) is 6.18. The molecule has 0 aromatic rings. The third-order valence-electron chi connectivity index (χ3n) is 2.40. The van der Waals surface area contributed by atoms with Gasteiger partial charge in [0.1, 0.15) is 0 Å². The Balaban J connectivity index is 1.74. The minimum Gasteiger partial charge on any atom is -0.382 e. The second kappa shape index (κ2) is 7.65. The van der Waals surface area contributed by atoms with E-state index in [2.05, 4.69) is 10.6 Å². The van der Waals surface area contributed by atoms with Gasteiger partial charge < -0.3 is 15.4 Å². The molecule has 0 aromatic heterocycles. The van der Waals surface area contributed by atoms with Gasteiger partial charge >= 0.3 is 0 Å². The standard InChI is InChI=1S/C11H22N2O2/c1-2-15-9-3-6-12-7-8-13-11(14)10-4-5-10/h10,12H,2-9H2,1H3,(H,13,14). The molecular formula is C11H22N2O2. The molecule has 0 saturated heterocycles. The second-order valence-corrected chi connectivity index (χ2v) is 3.87. The van der Waals surface area contributed by atoms with Gasteiger partial charge in [-0.1, -0.05) is 0 Å². The van der Waals surface area contributed by atoms with Gasteiger partial charge in [-0.3, -0.25) is 4.79 Å². The first-order valence-electron chi connectivity index (χ1n) is 5.90. The SMILES string of the molecule is CCOCCCNCCNC(=O)C1CC1. The number of amides is 1. The molecule has 0 aromatic carbocycles. The number of nitrogens with one attached hydrogen (secondary N) is 2. The molecule has 1 fully saturated rings. The molecule has 1 saturated carbocycles. The summed E-state index contributed by atoms with van der Waals surface area (Å²) in [6.45, 7) is 6.16. The number of carbonyl (C=O) groups excluding carboxylic acids is 1. The van der Waals surface area contributed by atoms with Gasteiger partial charge in [0, 0.05) is 32.2 Å². The fourth-order valence-corrected chi connectivity index (χ4v) is 1.33. The Morgan fingerprint density at radius 1 is 1.33 bits per heavy atom. The number of carbonyl (C=O) groups is 1. The van der Waals surface area contributed by atoms with Gasteiger partial charge in [0.25, 0.3) is 0 Å². The van der Waals surface area contributed by atoms with Crippen molar-refractivity contribution in [3.05, 3.63) is 0 Å². The van der Waals surface area contributed by atoms with Crippen molar-refractivity contribution in [3.63, 3.8) is 0 Å². The molecule has 0 unspecified atom stereocenters. The molecule has 1 rings (SSSR count). The van der Waals surface area contributed by atoms with Crippen molar-refractivity contribution < 1.29 is 9.53 Å². The minimum absolute atomic E-state index is 0.228. The topological polar surface area (TPSA) is 50.4 Å². The molecule has 88 valence electrons. The first-order chi connectivity index (χ1) is 7.34. The Morgan fingerprint density at radius 3 is 2.80 bits per heavy atom. The monoisotopic (exact) mass is 214 g/mol. The van der Waals surface area contributed by atoms with Crippen molar-refractivity contribution in [2.75, 3.05) is 32.8 Å². The maximum absolute atomic E-state index is 11.2. The Morgan fingerprint density at radius 2 is 2.13 bits per heavy atom. The lowest BCUT2D eigenvalue weighted by Gasteiger charge is -2.06. The van der Waals surface area contributed by atoms with Gasteiger partial charge in [-0.25, -0.2) is 0 Å². The Bertz CT molecular complexity index is 181. The summed E-state index contributed by atoms with van der Waals surface area (Å²) in [5.41, 5.74) is 0. The third kappa shape index (κ3) is 6.47. The maximum atomic E-state index is 11.2. The molecule has 15 heavy (non-hydrogen) atoms. The highest BCUT2D eigenvalue weighted by molar-refractivity contribution is 5.80. The zero-order chi connectivity index (χ0) is 10.9. The predicted molar refractivity (Wildman–Crippen MR) is 59.7 cm³/mol. The van der Waals surface area contributed by atoms with Crippen LogP contribution in [0.25, 0.3) is 0 Å². The zero-order valence-electron chi connectivity index (χ0n) is 9.55. The summed E-state index contributed by atoms with van der Waals surface area (Å²) in [7, 11) is 0. The van der Waals surface area contributed by atoms with Gasteiger partial charge in [-0.05, 0) is 32.7 Å². The number of hydrogen-bond acceptors (Lipinski definition) is 3. The van der Waals surface area contributed by atoms with E-state index in [-0.39, 0.29) is 5.91 Å². The van der Waals surface area contributed by atoms with Crippen molar-refractivity contribution in [2.45, 2.75) is 26.2 Å². The van der Waals surface area contributed by atoms with Crippen LogP contribution in [0.2, 0.25) is 0 Å². The molecule has 0 spiro atoms. The summed E-state index contributed by atoms with van der Waals surface area (Å²) in [5.74, 6) is 0.550. The number of rotatable bonds is 9. The third-order valence-corrected chi connectivity index (χ3v) is 2.40. The van der Waals surface area contributed by atoms with E-state index in [1.807, 2.05) is 6.92 Å². The lowest BCUT2D eigenvalue weighted by Crippen LogP contribution is -2.33. The molecule has 4 nitrogen and oxygen atoms in total. The lowest BCUT2D eigenvalue weighted by molar-refractivity contribution is -0.122. The number of hydrogen-bond donors (Lipinski definition) is 2. The summed E-state index contributed by atoms with van der Waals surface area (Å²) in [6.07, 6.45) is 3.19. The smallest absolute Gasteiger partial charge is 0.223 e. The van der Waals surface area contributed by atoms with Crippen LogP contribution >= 0.6 is 0 Å². The molecule has 2 N–H and O–H groups in total. The molecule has 0 radical (unpaired) electrons. The van der Waals surface area contributed by atoms with E-state index in [0.717, 1.165) is 52.1 Å². The summed E-state index contributed by atoms with van der Waals surface area (Å²) < 4.78 is 5.21. The zero-order valence-corrected chi connectivity index (χ0v) is 9.55. The van der Waals surface area contributed by atoms with Crippen molar-refractivity contribution in [3.8, 4) is 0 Å². The van der Waals surface area contributed by atoms with E-state index in [4.69, 9.17) is 4.74 Å². The van der Waals surface area contributed by atoms with Crippen LogP contribution in [0.1, 0.15) is 26.2 Å². The first kappa shape index (κ1) is 12.5. The minimum atomic E-state index is 0.228. The average molecular weight is 214 g/mol. The van der Waals surface area contributed by atoms with Crippen LogP contribution in [0.15, 0.2) is 0 Å². The van der Waals surface area contributed by atoms with E-state index >= 15 is 0 Å². The molecule has 4 heteroatoms. The van der Waals surface area contributed by atoms with Crippen LogP contribution in [0.3, 0.4) is 0 Å². The number of ether oxygens (including phenoxy) is 1. The highest BCUT2D eigenvalue weighted by atomic mass is 16.5. The van der Waals surface area contributed by atoms with Crippen LogP contribution in [0.5, 0.6) is 0 Å². The van der Waals surface area contributed by atoms with Crippen LogP contribution in [-0.2, 0) is 9.53 Å². The molecule has 1 aliphatic carbocycles. The Kier molecular flexibility index (Phi) is 6.36. The normalized spacial score (nSPS) is 15.3. The lowest BCUT2D eigenvalue weighted by atomic mass is 10.4. The molecule has 0 atom stereocenters. The van der Waals surface area contributed by atoms with Gasteiger partial charge in [0.05, 0.1) is 0 Å². The van der Waals surface area contributed by atoms with Crippen LogP contribution < -0.4 is 10.6 Å². The summed E-state index contributed by atoms with van der Waals surface area (Å²) in [6, 6.07) is 0. The van der Waals surface area contributed by atoms with E-state index < -0.39 is 0 Å². The van der Waals surface area contributed by atoms with Gasteiger partial charge in [-0.2, -0.15) is 0 Å². The molecule has 0 heterocycles. The highest BCUT2D eigenvalue weighted by Gasteiger charge is 2.28. The van der Waals surface area contributed by atoms with E-state index in [0.29, 0.717) is 5.92 Å². The van der Waals surface area contributed by atoms with E-state index in [1.54, 1.807) is 0 Å². The maximum Gasteiger partial charge on any atom is 0.223 e. The largest absolute Gasteiger partial charge is 0.382 e. The van der Waals surface area contributed by atoms with Gasteiger partial charge in [-0.15, -0.1) is 0 Å². The van der Waals surface area contributed by atoms with Gasteiger partial charge in [0.15, 0.2) is 0 Å². The molecule has 0 aliphatic heterocycles. The molecule has 1 amide bonds. The average Bonchev–Trinajstić information content (AvgIpc) is 3.05. The van der Waals surface area contributed by atoms with Gasteiger partial charge in [0.2, 0.25) is 5.91 Å². The fraction of sp³-hybridized carbons (Fsp3) is 0.909. The van der Waals surface area contributed by atoms with E-state index in [1.165, 1.54) is 0 Å². The van der Waals surface area contributed by atoms with Crippen LogP contribution in [0, 0.1) is 5.92 Å². The van der Waals surface area contributed by atoms with Crippen molar-refractivity contribution in [1.29, 1.82) is 0 Å². The van der Waals surface area contributed by atoms with Crippen molar-refractivity contribution in [1.82, 2.24) is 10.6 Å².